The molecule has 0 aliphatic carbocycles. The van der Waals surface area contributed by atoms with Gasteiger partial charge in [-0.1, -0.05) is 12.1 Å². The van der Waals surface area contributed by atoms with E-state index in [2.05, 4.69) is 19.0 Å². The molecule has 146 valence electrons. The lowest BCUT2D eigenvalue weighted by Crippen LogP contribution is -2.51. The predicted molar refractivity (Wildman–Crippen MR) is 102 cm³/mol. The molecule has 1 N–H and O–H groups in total. The fourth-order valence-electron chi connectivity index (χ4n) is 3.70. The van der Waals surface area contributed by atoms with Gasteiger partial charge < -0.3 is 14.9 Å². The quantitative estimate of drug-likeness (QED) is 0.766. The molecule has 26 heavy (non-hydrogen) atoms. The van der Waals surface area contributed by atoms with Crippen LogP contribution in [0.25, 0.3) is 0 Å². The van der Waals surface area contributed by atoms with E-state index >= 15 is 0 Å². The smallest absolute Gasteiger partial charge is 0.227 e. The highest BCUT2D eigenvalue weighted by molar-refractivity contribution is 7.90. The van der Waals surface area contributed by atoms with Crippen LogP contribution in [0.2, 0.25) is 0 Å². The summed E-state index contributed by atoms with van der Waals surface area (Å²) >= 11 is 0. The molecule has 2 rings (SSSR count). The van der Waals surface area contributed by atoms with E-state index in [1.807, 2.05) is 4.90 Å². The molecule has 7 heteroatoms. The van der Waals surface area contributed by atoms with Crippen LogP contribution in [-0.2, 0) is 21.1 Å². The van der Waals surface area contributed by atoms with Gasteiger partial charge in [-0.25, -0.2) is 8.42 Å². The first-order valence-corrected chi connectivity index (χ1v) is 11.0. The zero-order valence-corrected chi connectivity index (χ0v) is 16.7. The maximum Gasteiger partial charge on any atom is 0.227 e. The van der Waals surface area contributed by atoms with Crippen LogP contribution in [0.3, 0.4) is 0 Å². The van der Waals surface area contributed by atoms with Gasteiger partial charge in [-0.3, -0.25) is 4.79 Å². The fourth-order valence-corrected chi connectivity index (χ4v) is 4.33. The number of nitrogens with zero attached hydrogens (tertiary/aromatic N) is 2. The fraction of sp³-hybridized carbons (Fsp3) is 0.632. The summed E-state index contributed by atoms with van der Waals surface area (Å²) in [6.07, 6.45) is 4.05. The Balaban J connectivity index is 2.00. The molecule has 0 spiro atoms. The number of likely N-dealkylation sites (tertiary alicyclic amines) is 1. The largest absolute Gasteiger partial charge is 0.396 e. The maximum atomic E-state index is 12.7. The summed E-state index contributed by atoms with van der Waals surface area (Å²) < 4.78 is 23.0. The molecule has 6 nitrogen and oxygen atoms in total. The second-order valence-electron chi connectivity index (χ2n) is 7.38. The Hall–Kier alpha value is -1.44. The average molecular weight is 383 g/mol. The van der Waals surface area contributed by atoms with Crippen LogP contribution in [-0.4, -0.2) is 75.3 Å². The molecule has 0 bridgehead atoms. The number of hydrogen-bond donors (Lipinski definition) is 1. The van der Waals surface area contributed by atoms with Crippen LogP contribution >= 0.6 is 0 Å². The van der Waals surface area contributed by atoms with Crippen molar-refractivity contribution in [3.8, 4) is 0 Å². The van der Waals surface area contributed by atoms with Gasteiger partial charge in [0, 0.05) is 32.0 Å². The van der Waals surface area contributed by atoms with Crippen LogP contribution in [0.1, 0.15) is 24.8 Å². The van der Waals surface area contributed by atoms with Crippen LogP contribution in [0.4, 0.5) is 0 Å². The molecular formula is C19H30N2O4S. The normalized spacial score (nSPS) is 21.2. The number of aliphatic hydroxyl groups excluding tert-OH is 1. The third-order valence-electron chi connectivity index (χ3n) is 5.15. The molecule has 0 aromatic heterocycles. The second-order valence-corrected chi connectivity index (χ2v) is 9.39. The van der Waals surface area contributed by atoms with E-state index in [4.69, 9.17) is 5.11 Å². The van der Waals surface area contributed by atoms with E-state index in [1.54, 1.807) is 24.3 Å². The molecule has 1 aromatic rings. The first-order valence-electron chi connectivity index (χ1n) is 9.06. The van der Waals surface area contributed by atoms with E-state index in [0.29, 0.717) is 18.5 Å². The summed E-state index contributed by atoms with van der Waals surface area (Å²) in [6, 6.07) is 6.97. The number of hydrogen-bond acceptors (Lipinski definition) is 5. The molecule has 0 radical (unpaired) electrons. The van der Waals surface area contributed by atoms with Gasteiger partial charge >= 0.3 is 0 Å². The number of benzene rings is 1. The highest BCUT2D eigenvalue weighted by Gasteiger charge is 2.32. The summed E-state index contributed by atoms with van der Waals surface area (Å²) in [7, 11) is 0.914. The number of rotatable bonds is 7. The van der Waals surface area contributed by atoms with Gasteiger partial charge in [0.2, 0.25) is 5.91 Å². The van der Waals surface area contributed by atoms with Crippen molar-refractivity contribution < 1.29 is 18.3 Å². The molecule has 1 saturated heterocycles. The van der Waals surface area contributed by atoms with Gasteiger partial charge in [0.1, 0.15) is 0 Å². The minimum atomic E-state index is -3.22. The Labute approximate surface area is 156 Å². The van der Waals surface area contributed by atoms with Crippen molar-refractivity contribution in [3.63, 3.8) is 0 Å². The summed E-state index contributed by atoms with van der Waals surface area (Å²) in [5.74, 6) is 0.436. The third-order valence-corrected chi connectivity index (χ3v) is 6.28. The van der Waals surface area contributed by atoms with Crippen LogP contribution in [0, 0.1) is 5.92 Å². The minimum absolute atomic E-state index is 0.0725. The van der Waals surface area contributed by atoms with Crippen molar-refractivity contribution in [1.29, 1.82) is 0 Å². The van der Waals surface area contributed by atoms with Gasteiger partial charge in [0.05, 0.1) is 11.3 Å². The first-order chi connectivity index (χ1) is 12.2. The zero-order valence-electron chi connectivity index (χ0n) is 15.9. The Bertz CT molecular complexity index is 701. The monoisotopic (exact) mass is 382 g/mol. The van der Waals surface area contributed by atoms with E-state index in [9.17, 15) is 13.2 Å². The van der Waals surface area contributed by atoms with E-state index in [1.165, 1.54) is 6.26 Å². The lowest BCUT2D eigenvalue weighted by Gasteiger charge is -2.41. The van der Waals surface area contributed by atoms with Crippen molar-refractivity contribution >= 4 is 15.7 Å². The average Bonchev–Trinajstić information content (AvgIpc) is 2.59. The number of aliphatic hydroxyl groups is 1. The standard InChI is InChI=1S/C19H30N2O4S/c1-20(2)18-10-11-21(14-16(18)5-4-12-22)19(23)13-15-6-8-17(9-7-15)26(3,24)25/h6-9,16,18,22H,4-5,10-14H2,1-3H3/t16-,18+/m1/s1. The summed E-state index contributed by atoms with van der Waals surface area (Å²) in [4.78, 5) is 17.1. The molecule has 2 atom stereocenters. The molecule has 0 saturated carbocycles. The van der Waals surface area contributed by atoms with Crippen molar-refractivity contribution in [2.75, 3.05) is 40.0 Å². The van der Waals surface area contributed by atoms with Gasteiger partial charge in [0.25, 0.3) is 0 Å². The highest BCUT2D eigenvalue weighted by atomic mass is 32.2. The molecular weight excluding hydrogens is 352 g/mol. The van der Waals surface area contributed by atoms with Crippen molar-refractivity contribution in [2.24, 2.45) is 5.92 Å². The first kappa shape index (κ1) is 20.9. The Morgan fingerprint density at radius 2 is 1.92 bits per heavy atom. The van der Waals surface area contributed by atoms with Crippen LogP contribution < -0.4 is 0 Å². The second kappa shape index (κ2) is 8.97. The lowest BCUT2D eigenvalue weighted by molar-refractivity contribution is -0.133. The highest BCUT2D eigenvalue weighted by Crippen LogP contribution is 2.25. The molecule has 1 aliphatic rings. The Morgan fingerprint density at radius 3 is 2.46 bits per heavy atom. The molecule has 1 fully saturated rings. The van der Waals surface area contributed by atoms with E-state index < -0.39 is 9.84 Å². The molecule has 1 aliphatic heterocycles. The molecule has 0 unspecified atom stereocenters. The third kappa shape index (κ3) is 5.53. The SMILES string of the molecule is CN(C)[C@H]1CCN(C(=O)Cc2ccc(S(C)(=O)=O)cc2)C[C@H]1CCCO. The molecule has 1 heterocycles. The zero-order chi connectivity index (χ0) is 19.3. The van der Waals surface area contributed by atoms with Gasteiger partial charge in [0.15, 0.2) is 9.84 Å². The topological polar surface area (TPSA) is 77.9 Å². The lowest BCUT2D eigenvalue weighted by atomic mass is 9.87. The van der Waals surface area contributed by atoms with Crippen molar-refractivity contribution in [3.05, 3.63) is 29.8 Å². The van der Waals surface area contributed by atoms with Gasteiger partial charge in [-0.15, -0.1) is 0 Å². The van der Waals surface area contributed by atoms with Gasteiger partial charge in [-0.2, -0.15) is 0 Å². The number of carbonyl (C=O) groups excluding carboxylic acids is 1. The molecule has 1 amide bonds. The van der Waals surface area contributed by atoms with Crippen LogP contribution in [0.15, 0.2) is 29.2 Å². The number of amides is 1. The molecule has 1 aromatic carbocycles. The van der Waals surface area contributed by atoms with Crippen molar-refractivity contribution in [2.45, 2.75) is 36.6 Å². The van der Waals surface area contributed by atoms with Crippen LogP contribution in [0.5, 0.6) is 0 Å². The van der Waals surface area contributed by atoms with E-state index in [-0.39, 0.29) is 23.8 Å². The Morgan fingerprint density at radius 1 is 1.27 bits per heavy atom. The Kier molecular flexibility index (Phi) is 7.20. The maximum absolute atomic E-state index is 12.7. The number of sulfone groups is 1. The number of piperidine rings is 1. The predicted octanol–water partition coefficient (Wildman–Crippen LogP) is 1.18. The number of carbonyl (C=O) groups is 1. The van der Waals surface area contributed by atoms with Crippen molar-refractivity contribution in [1.82, 2.24) is 9.80 Å². The van der Waals surface area contributed by atoms with Gasteiger partial charge in [-0.05, 0) is 57.0 Å². The summed E-state index contributed by atoms with van der Waals surface area (Å²) in [6.45, 7) is 1.62. The van der Waals surface area contributed by atoms with E-state index in [0.717, 1.165) is 31.4 Å². The minimum Gasteiger partial charge on any atom is -0.396 e. The summed E-state index contributed by atoms with van der Waals surface area (Å²) in [5.41, 5.74) is 0.823. The summed E-state index contributed by atoms with van der Waals surface area (Å²) in [5, 5.41) is 9.13.